The summed E-state index contributed by atoms with van der Waals surface area (Å²) in [6.07, 6.45) is 2.47. The second-order valence-corrected chi connectivity index (χ2v) is 9.39. The van der Waals surface area contributed by atoms with Crippen LogP contribution in [0.3, 0.4) is 0 Å². The summed E-state index contributed by atoms with van der Waals surface area (Å²) < 4.78 is 25.0. The number of rotatable bonds is 7. The van der Waals surface area contributed by atoms with Gasteiger partial charge >= 0.3 is 0 Å². The Labute approximate surface area is 156 Å². The van der Waals surface area contributed by atoms with Crippen molar-refractivity contribution < 1.29 is 13.2 Å². The normalized spacial score (nSPS) is 24.5. The lowest BCUT2D eigenvalue weighted by atomic mass is 9.83. The van der Waals surface area contributed by atoms with E-state index in [-0.39, 0.29) is 11.7 Å². The van der Waals surface area contributed by atoms with Crippen molar-refractivity contribution >= 4 is 15.7 Å². The molecule has 0 aromatic heterocycles. The summed E-state index contributed by atoms with van der Waals surface area (Å²) >= 11 is 0. The molecule has 1 aromatic rings. The molecule has 1 amide bonds. The van der Waals surface area contributed by atoms with Crippen LogP contribution < -0.4 is 5.32 Å². The maximum atomic E-state index is 12.5. The molecule has 2 saturated heterocycles. The van der Waals surface area contributed by atoms with Crippen molar-refractivity contribution in [3.8, 4) is 0 Å². The van der Waals surface area contributed by atoms with E-state index in [1.165, 1.54) is 0 Å². The molecule has 2 aliphatic rings. The van der Waals surface area contributed by atoms with E-state index >= 15 is 0 Å². The largest absolute Gasteiger partial charge is 0.338 e. The molecule has 0 bridgehead atoms. The number of fused-ring (bicyclic) bond motifs is 1. The molecule has 26 heavy (non-hydrogen) atoms. The molecular weight excluding hydrogens is 350 g/mol. The molecule has 144 valence electrons. The fourth-order valence-electron chi connectivity index (χ4n) is 4.15. The standard InChI is InChI=1S/C19H29N3O3S/c1-20-10-12-22-18-9-11-21(15-16(18)7-8-19(22)23)13-14-26(24,25)17-5-3-2-4-6-17/h2-6,16,18,20H,7-15H2,1H3/t16-,18+/m0/s1. The van der Waals surface area contributed by atoms with Crippen molar-refractivity contribution in [1.29, 1.82) is 0 Å². The maximum Gasteiger partial charge on any atom is 0.222 e. The number of nitrogens with one attached hydrogen (secondary N) is 1. The lowest BCUT2D eigenvalue weighted by molar-refractivity contribution is -0.140. The van der Waals surface area contributed by atoms with E-state index in [2.05, 4.69) is 10.2 Å². The van der Waals surface area contributed by atoms with Crippen molar-refractivity contribution in [2.24, 2.45) is 5.92 Å². The van der Waals surface area contributed by atoms with Crippen LogP contribution in [-0.2, 0) is 14.6 Å². The lowest BCUT2D eigenvalue weighted by Crippen LogP contribution is -2.57. The zero-order valence-corrected chi connectivity index (χ0v) is 16.2. The van der Waals surface area contributed by atoms with E-state index in [0.717, 1.165) is 39.0 Å². The van der Waals surface area contributed by atoms with Gasteiger partial charge in [-0.25, -0.2) is 8.42 Å². The third kappa shape index (κ3) is 4.45. The van der Waals surface area contributed by atoms with Crippen LogP contribution in [0, 0.1) is 5.92 Å². The number of likely N-dealkylation sites (N-methyl/N-ethyl adjacent to an activating group) is 1. The summed E-state index contributed by atoms with van der Waals surface area (Å²) in [5.74, 6) is 0.871. The van der Waals surface area contributed by atoms with Gasteiger partial charge in [0.25, 0.3) is 0 Å². The van der Waals surface area contributed by atoms with Gasteiger partial charge in [0.15, 0.2) is 9.84 Å². The van der Waals surface area contributed by atoms with Gasteiger partial charge in [-0.05, 0) is 37.9 Å². The Morgan fingerprint density at radius 2 is 1.92 bits per heavy atom. The molecule has 6 nitrogen and oxygen atoms in total. The Morgan fingerprint density at radius 3 is 2.65 bits per heavy atom. The molecule has 3 rings (SSSR count). The molecule has 1 N–H and O–H groups in total. The van der Waals surface area contributed by atoms with Gasteiger partial charge < -0.3 is 15.1 Å². The fourth-order valence-corrected chi connectivity index (χ4v) is 5.45. The van der Waals surface area contributed by atoms with Gasteiger partial charge in [0.1, 0.15) is 0 Å². The number of likely N-dealkylation sites (tertiary alicyclic amines) is 2. The van der Waals surface area contributed by atoms with E-state index < -0.39 is 9.84 Å². The molecule has 1 aromatic carbocycles. The highest BCUT2D eigenvalue weighted by Gasteiger charge is 2.39. The molecule has 2 atom stereocenters. The minimum Gasteiger partial charge on any atom is -0.338 e. The topological polar surface area (TPSA) is 69.7 Å². The van der Waals surface area contributed by atoms with Gasteiger partial charge in [-0.2, -0.15) is 0 Å². The second kappa shape index (κ2) is 8.50. The Morgan fingerprint density at radius 1 is 1.15 bits per heavy atom. The quantitative estimate of drug-likeness (QED) is 0.765. The van der Waals surface area contributed by atoms with Gasteiger partial charge in [-0.15, -0.1) is 0 Å². The first-order chi connectivity index (χ1) is 12.5. The molecule has 0 aliphatic carbocycles. The number of hydrogen-bond donors (Lipinski definition) is 1. The SMILES string of the molecule is CNCCN1C(=O)CC[C@H]2CN(CCS(=O)(=O)c3ccccc3)CC[C@H]21. The molecule has 0 spiro atoms. The first-order valence-corrected chi connectivity index (χ1v) is 11.1. The average Bonchev–Trinajstić information content (AvgIpc) is 2.66. The zero-order chi connectivity index (χ0) is 18.6. The van der Waals surface area contributed by atoms with E-state index in [9.17, 15) is 13.2 Å². The summed E-state index contributed by atoms with van der Waals surface area (Å²) in [5, 5.41) is 3.12. The van der Waals surface area contributed by atoms with Crippen molar-refractivity contribution in [1.82, 2.24) is 15.1 Å². The van der Waals surface area contributed by atoms with Crippen molar-refractivity contribution in [2.75, 3.05) is 45.5 Å². The molecule has 0 saturated carbocycles. The third-order valence-corrected chi connectivity index (χ3v) is 7.32. The second-order valence-electron chi connectivity index (χ2n) is 7.28. The van der Waals surface area contributed by atoms with E-state index in [1.807, 2.05) is 18.0 Å². The van der Waals surface area contributed by atoms with Gasteiger partial charge in [0.2, 0.25) is 5.91 Å². The van der Waals surface area contributed by atoms with Crippen LogP contribution in [0.15, 0.2) is 35.2 Å². The number of carbonyl (C=O) groups is 1. The molecule has 0 unspecified atom stereocenters. The number of sulfone groups is 1. The van der Waals surface area contributed by atoms with Crippen LogP contribution >= 0.6 is 0 Å². The minimum absolute atomic E-state index is 0.150. The molecule has 2 aliphatic heterocycles. The summed E-state index contributed by atoms with van der Waals surface area (Å²) in [6.45, 7) is 3.88. The van der Waals surface area contributed by atoms with E-state index in [1.54, 1.807) is 24.3 Å². The Bertz CT molecular complexity index is 708. The van der Waals surface area contributed by atoms with Crippen LogP contribution in [0.2, 0.25) is 0 Å². The van der Waals surface area contributed by atoms with Crippen LogP contribution in [0.4, 0.5) is 0 Å². The van der Waals surface area contributed by atoms with Crippen LogP contribution in [0.1, 0.15) is 19.3 Å². The zero-order valence-electron chi connectivity index (χ0n) is 15.4. The number of benzene rings is 1. The highest BCUT2D eigenvalue weighted by Crippen LogP contribution is 2.31. The monoisotopic (exact) mass is 379 g/mol. The highest BCUT2D eigenvalue weighted by molar-refractivity contribution is 7.91. The van der Waals surface area contributed by atoms with Crippen molar-refractivity contribution in [3.05, 3.63) is 30.3 Å². The van der Waals surface area contributed by atoms with E-state index in [4.69, 9.17) is 0 Å². The molecule has 2 heterocycles. The number of nitrogens with zero attached hydrogens (tertiary/aromatic N) is 2. The summed E-state index contributed by atoms with van der Waals surface area (Å²) in [6, 6.07) is 8.98. The van der Waals surface area contributed by atoms with Crippen molar-refractivity contribution in [2.45, 2.75) is 30.2 Å². The number of hydrogen-bond acceptors (Lipinski definition) is 5. The Kier molecular flexibility index (Phi) is 6.32. The van der Waals surface area contributed by atoms with Gasteiger partial charge in [-0.1, -0.05) is 18.2 Å². The maximum absolute atomic E-state index is 12.5. The summed E-state index contributed by atoms with van der Waals surface area (Å²) in [4.78, 5) is 17.0. The molecular formula is C19H29N3O3S. The van der Waals surface area contributed by atoms with Crippen molar-refractivity contribution in [3.63, 3.8) is 0 Å². The van der Waals surface area contributed by atoms with Crippen LogP contribution in [0.5, 0.6) is 0 Å². The fraction of sp³-hybridized carbons (Fsp3) is 0.632. The number of piperidine rings is 2. The molecule has 2 fully saturated rings. The predicted molar refractivity (Wildman–Crippen MR) is 102 cm³/mol. The highest BCUT2D eigenvalue weighted by atomic mass is 32.2. The van der Waals surface area contributed by atoms with E-state index in [0.29, 0.717) is 29.8 Å². The number of amides is 1. The Hall–Kier alpha value is -1.44. The smallest absolute Gasteiger partial charge is 0.222 e. The van der Waals surface area contributed by atoms with Crippen LogP contribution in [-0.4, -0.2) is 75.7 Å². The summed E-state index contributed by atoms with van der Waals surface area (Å²) in [7, 11) is -1.33. The first-order valence-electron chi connectivity index (χ1n) is 9.45. The van der Waals surface area contributed by atoms with Gasteiger partial charge in [0.05, 0.1) is 10.6 Å². The third-order valence-electron chi connectivity index (χ3n) is 5.61. The molecule has 0 radical (unpaired) electrons. The predicted octanol–water partition coefficient (Wildman–Crippen LogP) is 0.993. The molecule has 7 heteroatoms. The van der Waals surface area contributed by atoms with Gasteiger partial charge in [-0.3, -0.25) is 4.79 Å². The number of carbonyl (C=O) groups excluding carboxylic acids is 1. The van der Waals surface area contributed by atoms with Crippen LogP contribution in [0.25, 0.3) is 0 Å². The van der Waals surface area contributed by atoms with Gasteiger partial charge in [0, 0.05) is 45.2 Å². The lowest BCUT2D eigenvalue weighted by Gasteiger charge is -2.47. The summed E-state index contributed by atoms with van der Waals surface area (Å²) in [5.41, 5.74) is 0. The average molecular weight is 380 g/mol. The Balaban J connectivity index is 1.56. The minimum atomic E-state index is -3.23. The first kappa shape index (κ1) is 19.3.